The van der Waals surface area contributed by atoms with Gasteiger partial charge in [0.2, 0.25) is 0 Å². The summed E-state index contributed by atoms with van der Waals surface area (Å²) >= 11 is 1.31. The molecule has 15 heavy (non-hydrogen) atoms. The molecule has 3 nitrogen and oxygen atoms in total. The number of hydrogen-bond donors (Lipinski definition) is 2. The van der Waals surface area contributed by atoms with Crippen molar-refractivity contribution in [3.63, 3.8) is 0 Å². The van der Waals surface area contributed by atoms with Crippen LogP contribution in [0.15, 0.2) is 6.07 Å². The maximum atomic E-state index is 10.7. The van der Waals surface area contributed by atoms with E-state index in [4.69, 9.17) is 11.5 Å². The number of aromatic carboxylic acids is 1. The van der Waals surface area contributed by atoms with Gasteiger partial charge in [0.15, 0.2) is 0 Å². The van der Waals surface area contributed by atoms with E-state index >= 15 is 0 Å². The molecule has 0 saturated heterocycles. The van der Waals surface area contributed by atoms with Gasteiger partial charge in [0, 0.05) is 24.4 Å². The minimum absolute atomic E-state index is 0.390. The van der Waals surface area contributed by atoms with Crippen LogP contribution in [0.25, 0.3) is 0 Å². The molecule has 0 aliphatic carbocycles. The van der Waals surface area contributed by atoms with Crippen molar-refractivity contribution in [1.29, 1.82) is 0 Å². The molecule has 0 unspecified atom stereocenters. The molecule has 1 heterocycles. The van der Waals surface area contributed by atoms with Gasteiger partial charge in [-0.15, -0.1) is 23.7 Å². The van der Waals surface area contributed by atoms with Crippen LogP contribution in [0, 0.1) is 19.3 Å². The van der Waals surface area contributed by atoms with Crippen molar-refractivity contribution < 1.29 is 9.90 Å². The van der Waals surface area contributed by atoms with Gasteiger partial charge in [-0.1, -0.05) is 0 Å². The zero-order valence-corrected chi connectivity index (χ0v) is 9.36. The maximum Gasteiger partial charge on any atom is 0.345 e. The molecule has 1 aromatic heterocycles. The van der Waals surface area contributed by atoms with Crippen LogP contribution >= 0.6 is 11.3 Å². The fourth-order valence-electron chi connectivity index (χ4n) is 1.18. The second-order valence-corrected chi connectivity index (χ2v) is 4.38. The fraction of sp³-hybridized carbons (Fsp3) is 0.364. The van der Waals surface area contributed by atoms with E-state index in [0.29, 0.717) is 17.8 Å². The van der Waals surface area contributed by atoms with Crippen LogP contribution in [-0.4, -0.2) is 17.6 Å². The van der Waals surface area contributed by atoms with Gasteiger partial charge in [0.25, 0.3) is 0 Å². The first-order valence-corrected chi connectivity index (χ1v) is 5.43. The maximum absolute atomic E-state index is 10.7. The van der Waals surface area contributed by atoms with Crippen LogP contribution in [0.3, 0.4) is 0 Å². The highest BCUT2D eigenvalue weighted by molar-refractivity contribution is 7.14. The van der Waals surface area contributed by atoms with Crippen LogP contribution in [0.4, 0.5) is 0 Å². The predicted molar refractivity (Wildman–Crippen MR) is 61.2 cm³/mol. The molecular formula is C11H13NO2S. The molecule has 0 atom stereocenters. The number of carboxylic acids is 1. The Morgan fingerprint density at radius 3 is 3.00 bits per heavy atom. The molecular weight excluding hydrogens is 210 g/mol. The second-order valence-electron chi connectivity index (χ2n) is 3.13. The number of carbonyl (C=O) groups is 1. The lowest BCUT2D eigenvalue weighted by atomic mass is 10.2. The standard InChI is InChI=1S/C11H13NO2S/c1-3-4-5-12-7-9-6-10(11(13)14)15-8(9)2/h1,6,12H,4-5,7H2,2H3,(H,13,14). The van der Waals surface area contributed by atoms with Crippen LogP contribution in [0.2, 0.25) is 0 Å². The van der Waals surface area contributed by atoms with Crippen molar-refractivity contribution in [2.45, 2.75) is 19.9 Å². The quantitative estimate of drug-likeness (QED) is 0.592. The highest BCUT2D eigenvalue weighted by Gasteiger charge is 2.10. The number of nitrogens with one attached hydrogen (secondary N) is 1. The van der Waals surface area contributed by atoms with Gasteiger partial charge in [0.1, 0.15) is 4.88 Å². The smallest absolute Gasteiger partial charge is 0.345 e. The van der Waals surface area contributed by atoms with E-state index < -0.39 is 5.97 Å². The number of terminal acetylenes is 1. The van der Waals surface area contributed by atoms with Gasteiger partial charge >= 0.3 is 5.97 Å². The third-order valence-electron chi connectivity index (χ3n) is 1.99. The summed E-state index contributed by atoms with van der Waals surface area (Å²) in [6.45, 7) is 3.36. The normalized spacial score (nSPS) is 9.87. The van der Waals surface area contributed by atoms with E-state index in [-0.39, 0.29) is 0 Å². The average Bonchev–Trinajstić information content (AvgIpc) is 2.55. The summed E-state index contributed by atoms with van der Waals surface area (Å²) in [4.78, 5) is 12.1. The van der Waals surface area contributed by atoms with Gasteiger partial charge in [0.05, 0.1) is 0 Å². The van der Waals surface area contributed by atoms with E-state index in [9.17, 15) is 4.79 Å². The number of aryl methyl sites for hydroxylation is 1. The first kappa shape index (κ1) is 11.8. The predicted octanol–water partition coefficient (Wildman–Crippen LogP) is 1.87. The molecule has 1 rings (SSSR count). The Bertz CT molecular complexity index is 390. The van der Waals surface area contributed by atoms with Crippen molar-refractivity contribution in [3.8, 4) is 12.3 Å². The zero-order chi connectivity index (χ0) is 11.3. The Morgan fingerprint density at radius 1 is 1.73 bits per heavy atom. The van der Waals surface area contributed by atoms with E-state index in [1.165, 1.54) is 11.3 Å². The van der Waals surface area contributed by atoms with Crippen LogP contribution in [-0.2, 0) is 6.54 Å². The molecule has 0 aliphatic rings. The third-order valence-corrected chi connectivity index (χ3v) is 3.07. The Labute approximate surface area is 93.1 Å². The fourth-order valence-corrected chi connectivity index (χ4v) is 2.06. The van der Waals surface area contributed by atoms with E-state index in [0.717, 1.165) is 17.0 Å². The van der Waals surface area contributed by atoms with Crippen molar-refractivity contribution in [2.24, 2.45) is 0 Å². The Hall–Kier alpha value is -1.31. The summed E-state index contributed by atoms with van der Waals surface area (Å²) < 4.78 is 0. The molecule has 2 N–H and O–H groups in total. The average molecular weight is 223 g/mol. The first-order chi connectivity index (χ1) is 7.15. The minimum atomic E-state index is -0.863. The summed E-state index contributed by atoms with van der Waals surface area (Å²) in [5.74, 6) is 1.68. The summed E-state index contributed by atoms with van der Waals surface area (Å²) in [6, 6.07) is 1.71. The van der Waals surface area contributed by atoms with Crippen molar-refractivity contribution >= 4 is 17.3 Å². The number of rotatable bonds is 5. The summed E-state index contributed by atoms with van der Waals surface area (Å²) in [5.41, 5.74) is 1.04. The molecule has 0 radical (unpaired) electrons. The lowest BCUT2D eigenvalue weighted by Gasteiger charge is -2.00. The topological polar surface area (TPSA) is 49.3 Å². The molecule has 0 saturated carbocycles. The molecule has 0 aromatic carbocycles. The largest absolute Gasteiger partial charge is 0.477 e. The number of carboxylic acid groups (broad SMARTS) is 1. The molecule has 0 spiro atoms. The van der Waals surface area contributed by atoms with E-state index in [2.05, 4.69) is 11.2 Å². The van der Waals surface area contributed by atoms with Gasteiger partial charge in [-0.05, 0) is 18.6 Å². The molecule has 0 fully saturated rings. The lowest BCUT2D eigenvalue weighted by Crippen LogP contribution is -2.14. The van der Waals surface area contributed by atoms with Crippen molar-refractivity contribution in [3.05, 3.63) is 21.4 Å². The third kappa shape index (κ3) is 3.39. The molecule has 0 aliphatic heterocycles. The van der Waals surface area contributed by atoms with E-state index in [1.807, 2.05) is 6.92 Å². The molecule has 0 amide bonds. The summed E-state index contributed by atoms with van der Waals surface area (Å²) in [6.07, 6.45) is 5.81. The molecule has 1 aromatic rings. The SMILES string of the molecule is C#CCCNCc1cc(C(=O)O)sc1C. The van der Waals surface area contributed by atoms with E-state index in [1.54, 1.807) is 6.07 Å². The molecule has 4 heteroatoms. The monoisotopic (exact) mass is 223 g/mol. The highest BCUT2D eigenvalue weighted by Crippen LogP contribution is 2.21. The van der Waals surface area contributed by atoms with Gasteiger partial charge < -0.3 is 10.4 Å². The molecule has 80 valence electrons. The van der Waals surface area contributed by atoms with Crippen molar-refractivity contribution in [1.82, 2.24) is 5.32 Å². The Kier molecular flexibility index (Phi) is 4.35. The first-order valence-electron chi connectivity index (χ1n) is 4.62. The number of thiophene rings is 1. The highest BCUT2D eigenvalue weighted by atomic mass is 32.1. The zero-order valence-electron chi connectivity index (χ0n) is 8.54. The summed E-state index contributed by atoms with van der Waals surface area (Å²) in [7, 11) is 0. The second kappa shape index (κ2) is 5.54. The van der Waals surface area contributed by atoms with Crippen LogP contribution < -0.4 is 5.32 Å². The Morgan fingerprint density at radius 2 is 2.47 bits per heavy atom. The van der Waals surface area contributed by atoms with Crippen molar-refractivity contribution in [2.75, 3.05) is 6.54 Å². The van der Waals surface area contributed by atoms with Gasteiger partial charge in [-0.3, -0.25) is 0 Å². The van der Waals surface area contributed by atoms with Crippen LogP contribution in [0.1, 0.15) is 26.5 Å². The molecule has 0 bridgehead atoms. The Balaban J connectivity index is 2.54. The van der Waals surface area contributed by atoms with Crippen LogP contribution in [0.5, 0.6) is 0 Å². The summed E-state index contributed by atoms with van der Waals surface area (Å²) in [5, 5.41) is 12.0. The van der Waals surface area contributed by atoms with Gasteiger partial charge in [-0.2, -0.15) is 0 Å². The number of hydrogen-bond acceptors (Lipinski definition) is 3. The minimum Gasteiger partial charge on any atom is -0.477 e. The van der Waals surface area contributed by atoms with Gasteiger partial charge in [-0.25, -0.2) is 4.79 Å². The lowest BCUT2D eigenvalue weighted by molar-refractivity contribution is 0.0702.